The summed E-state index contributed by atoms with van der Waals surface area (Å²) in [7, 11) is 0. The summed E-state index contributed by atoms with van der Waals surface area (Å²) in [6.07, 6.45) is 0. The van der Waals surface area contributed by atoms with Crippen LogP contribution < -0.4 is 5.32 Å². The summed E-state index contributed by atoms with van der Waals surface area (Å²) in [4.78, 5) is 27.3. The van der Waals surface area contributed by atoms with Crippen LogP contribution in [-0.2, 0) is 4.79 Å². The number of hydrogen-bond acceptors (Lipinski definition) is 6. The van der Waals surface area contributed by atoms with E-state index in [1.165, 1.54) is 47.4 Å². The van der Waals surface area contributed by atoms with Gasteiger partial charge in [0.25, 0.3) is 5.69 Å². The van der Waals surface area contributed by atoms with Crippen molar-refractivity contribution in [2.75, 3.05) is 0 Å². The Kier molecular flexibility index (Phi) is 5.71. The van der Waals surface area contributed by atoms with Gasteiger partial charge in [-0.25, -0.2) is 9.37 Å². The standard InChI is InChI=1S/C18H16FN3O3S2/c1-10(12-3-5-13(19)6-4-12)20-17(23)11(2)26-18-21-15-8-7-14(22(24)25)9-16(15)27-18/h3-11H,1-2H3,(H,20,23)/t10-,11+/m0/s1. The number of aromatic nitrogens is 1. The van der Waals surface area contributed by atoms with Crippen LogP contribution >= 0.6 is 23.1 Å². The lowest BCUT2D eigenvalue weighted by atomic mass is 10.1. The van der Waals surface area contributed by atoms with Crippen LogP contribution in [-0.4, -0.2) is 21.1 Å². The van der Waals surface area contributed by atoms with Crippen molar-refractivity contribution in [3.8, 4) is 0 Å². The Morgan fingerprint density at radius 2 is 1.96 bits per heavy atom. The van der Waals surface area contributed by atoms with Crippen LogP contribution in [0.15, 0.2) is 46.8 Å². The molecule has 0 bridgehead atoms. The molecule has 0 aliphatic heterocycles. The van der Waals surface area contributed by atoms with Crippen LogP contribution in [0.25, 0.3) is 10.2 Å². The monoisotopic (exact) mass is 405 g/mol. The van der Waals surface area contributed by atoms with E-state index < -0.39 is 10.2 Å². The topological polar surface area (TPSA) is 85.1 Å². The number of nitro groups is 1. The molecule has 0 aliphatic rings. The number of nitro benzene ring substituents is 1. The highest BCUT2D eigenvalue weighted by Crippen LogP contribution is 2.34. The van der Waals surface area contributed by atoms with Gasteiger partial charge in [-0.3, -0.25) is 14.9 Å². The third-order valence-corrected chi connectivity index (χ3v) is 6.15. The Hall–Kier alpha value is -2.52. The number of benzene rings is 2. The first-order chi connectivity index (χ1) is 12.8. The fraction of sp³-hybridized carbons (Fsp3) is 0.222. The van der Waals surface area contributed by atoms with Gasteiger partial charge in [-0.2, -0.15) is 0 Å². The van der Waals surface area contributed by atoms with Gasteiger partial charge in [-0.1, -0.05) is 23.9 Å². The fourth-order valence-corrected chi connectivity index (χ4v) is 4.68. The molecule has 0 saturated heterocycles. The van der Waals surface area contributed by atoms with Crippen molar-refractivity contribution in [1.29, 1.82) is 0 Å². The number of nitrogens with one attached hydrogen (secondary N) is 1. The number of carbonyl (C=O) groups excluding carboxylic acids is 1. The molecule has 0 aliphatic carbocycles. The third-order valence-electron chi connectivity index (χ3n) is 3.94. The van der Waals surface area contributed by atoms with E-state index in [0.717, 1.165) is 5.56 Å². The van der Waals surface area contributed by atoms with Crippen molar-refractivity contribution < 1.29 is 14.1 Å². The second-order valence-corrected chi connectivity index (χ2v) is 8.55. The van der Waals surface area contributed by atoms with Crippen molar-refractivity contribution >= 4 is 44.9 Å². The van der Waals surface area contributed by atoms with Crippen LogP contribution in [0.1, 0.15) is 25.5 Å². The molecule has 0 unspecified atom stereocenters. The third kappa shape index (κ3) is 4.61. The van der Waals surface area contributed by atoms with Gasteiger partial charge in [0.15, 0.2) is 4.34 Å². The molecule has 6 nitrogen and oxygen atoms in total. The molecule has 3 rings (SSSR count). The van der Waals surface area contributed by atoms with Gasteiger partial charge >= 0.3 is 0 Å². The lowest BCUT2D eigenvalue weighted by molar-refractivity contribution is -0.384. The zero-order valence-electron chi connectivity index (χ0n) is 14.5. The normalized spacial score (nSPS) is 13.3. The number of rotatable bonds is 6. The lowest BCUT2D eigenvalue weighted by Crippen LogP contribution is -2.33. The highest BCUT2D eigenvalue weighted by atomic mass is 32.2. The van der Waals surface area contributed by atoms with Crippen molar-refractivity contribution in [3.63, 3.8) is 0 Å². The Morgan fingerprint density at radius 1 is 1.26 bits per heavy atom. The molecule has 1 amide bonds. The van der Waals surface area contributed by atoms with Gasteiger partial charge in [0.2, 0.25) is 5.91 Å². The number of thiazole rings is 1. The summed E-state index contributed by atoms with van der Waals surface area (Å²) in [5, 5.41) is 13.4. The lowest BCUT2D eigenvalue weighted by Gasteiger charge is -2.17. The minimum atomic E-state index is -0.446. The predicted molar refractivity (Wildman–Crippen MR) is 105 cm³/mol. The minimum absolute atomic E-state index is 0.0154. The zero-order chi connectivity index (χ0) is 19.6. The van der Waals surface area contributed by atoms with E-state index in [1.54, 1.807) is 25.1 Å². The van der Waals surface area contributed by atoms with E-state index in [9.17, 15) is 19.3 Å². The molecule has 140 valence electrons. The predicted octanol–water partition coefficient (Wildman–Crippen LogP) is 4.70. The van der Waals surface area contributed by atoms with E-state index in [4.69, 9.17) is 0 Å². The number of carbonyl (C=O) groups is 1. The molecule has 2 atom stereocenters. The average molecular weight is 405 g/mol. The van der Waals surface area contributed by atoms with Crippen molar-refractivity contribution in [1.82, 2.24) is 10.3 Å². The maximum atomic E-state index is 13.0. The Bertz CT molecular complexity index is 991. The van der Waals surface area contributed by atoms with Crippen LogP contribution in [0.5, 0.6) is 0 Å². The average Bonchev–Trinajstić information content (AvgIpc) is 3.03. The minimum Gasteiger partial charge on any atom is -0.349 e. The van der Waals surface area contributed by atoms with E-state index >= 15 is 0 Å². The van der Waals surface area contributed by atoms with E-state index in [2.05, 4.69) is 10.3 Å². The molecule has 2 aromatic carbocycles. The maximum Gasteiger partial charge on any atom is 0.270 e. The highest BCUT2D eigenvalue weighted by molar-refractivity contribution is 8.02. The number of nitrogens with zero attached hydrogens (tertiary/aromatic N) is 2. The molecule has 0 radical (unpaired) electrons. The van der Waals surface area contributed by atoms with Gasteiger partial charge in [0, 0.05) is 12.1 Å². The molecule has 1 aromatic heterocycles. The summed E-state index contributed by atoms with van der Waals surface area (Å²) in [6.45, 7) is 3.60. The maximum absolute atomic E-state index is 13.0. The number of non-ortho nitro benzene ring substituents is 1. The first-order valence-electron chi connectivity index (χ1n) is 8.11. The molecule has 0 spiro atoms. The van der Waals surface area contributed by atoms with E-state index in [-0.39, 0.29) is 23.5 Å². The Morgan fingerprint density at radius 3 is 2.63 bits per heavy atom. The van der Waals surface area contributed by atoms with Crippen LogP contribution in [0.3, 0.4) is 0 Å². The molecule has 0 saturated carbocycles. The molecule has 9 heteroatoms. The quantitative estimate of drug-likeness (QED) is 0.365. The fourth-order valence-electron chi connectivity index (χ4n) is 2.43. The molecule has 3 aromatic rings. The summed E-state index contributed by atoms with van der Waals surface area (Å²) < 4.78 is 14.4. The van der Waals surface area contributed by atoms with Crippen LogP contribution in [0.4, 0.5) is 10.1 Å². The van der Waals surface area contributed by atoms with Gasteiger partial charge in [-0.15, -0.1) is 11.3 Å². The number of thioether (sulfide) groups is 1. The Balaban J connectivity index is 1.66. The highest BCUT2D eigenvalue weighted by Gasteiger charge is 2.20. The first kappa shape index (κ1) is 19.2. The van der Waals surface area contributed by atoms with E-state index in [1.807, 2.05) is 6.92 Å². The van der Waals surface area contributed by atoms with Crippen LogP contribution in [0.2, 0.25) is 0 Å². The van der Waals surface area contributed by atoms with E-state index in [0.29, 0.717) is 14.6 Å². The second-order valence-electron chi connectivity index (χ2n) is 5.93. The van der Waals surface area contributed by atoms with Gasteiger partial charge in [0.05, 0.1) is 26.4 Å². The van der Waals surface area contributed by atoms with Crippen molar-refractivity contribution in [2.24, 2.45) is 0 Å². The number of amides is 1. The summed E-state index contributed by atoms with van der Waals surface area (Å²) in [5.41, 5.74) is 1.50. The van der Waals surface area contributed by atoms with Gasteiger partial charge in [0.1, 0.15) is 5.82 Å². The summed E-state index contributed by atoms with van der Waals surface area (Å²) in [6, 6.07) is 10.2. The number of fused-ring (bicyclic) bond motifs is 1. The van der Waals surface area contributed by atoms with Crippen LogP contribution in [0, 0.1) is 15.9 Å². The number of halogens is 1. The second kappa shape index (κ2) is 8.01. The SMILES string of the molecule is C[C@H](NC(=O)[C@@H](C)Sc1nc2ccc([N+](=O)[O-])cc2s1)c1ccc(F)cc1. The summed E-state index contributed by atoms with van der Waals surface area (Å²) in [5.74, 6) is -0.487. The molecule has 1 N–H and O–H groups in total. The van der Waals surface area contributed by atoms with Gasteiger partial charge < -0.3 is 5.32 Å². The number of hydrogen-bond donors (Lipinski definition) is 1. The molecular formula is C18H16FN3O3S2. The molecule has 1 heterocycles. The van der Waals surface area contributed by atoms with Gasteiger partial charge in [-0.05, 0) is 37.6 Å². The Labute approximate surface area is 163 Å². The first-order valence-corrected chi connectivity index (χ1v) is 9.80. The smallest absolute Gasteiger partial charge is 0.270 e. The summed E-state index contributed by atoms with van der Waals surface area (Å²) >= 11 is 2.61. The zero-order valence-corrected chi connectivity index (χ0v) is 16.1. The largest absolute Gasteiger partial charge is 0.349 e. The molecular weight excluding hydrogens is 389 g/mol. The van der Waals surface area contributed by atoms with Crippen molar-refractivity contribution in [3.05, 3.63) is 64.0 Å². The molecule has 0 fully saturated rings. The molecule has 27 heavy (non-hydrogen) atoms. The van der Waals surface area contributed by atoms with Crippen molar-refractivity contribution in [2.45, 2.75) is 29.5 Å².